The molecule has 2 aliphatic rings. The number of fused-ring (bicyclic) bond motifs is 1. The smallest absolute Gasteiger partial charge is 0.269 e. The zero-order chi connectivity index (χ0) is 22.5. The van der Waals surface area contributed by atoms with Crippen LogP contribution in [0.3, 0.4) is 0 Å². The molecule has 2 aromatic heterocycles. The maximum Gasteiger partial charge on any atom is 0.269 e. The molecule has 0 radical (unpaired) electrons. The summed E-state index contributed by atoms with van der Waals surface area (Å²) in [6.07, 6.45) is 8.04. The summed E-state index contributed by atoms with van der Waals surface area (Å²) in [6, 6.07) is 11.0. The van der Waals surface area contributed by atoms with E-state index in [0.29, 0.717) is 11.5 Å². The van der Waals surface area contributed by atoms with Gasteiger partial charge >= 0.3 is 0 Å². The molecule has 7 nitrogen and oxygen atoms in total. The molecule has 0 unspecified atom stereocenters. The van der Waals surface area contributed by atoms with Crippen molar-refractivity contribution in [2.24, 2.45) is 5.73 Å². The number of nitrogens with two attached hydrogens (primary N) is 1. The molecule has 0 atom stereocenters. The van der Waals surface area contributed by atoms with E-state index in [1.54, 1.807) is 35.4 Å². The molecule has 2 aliphatic carbocycles. The number of anilines is 1. The van der Waals surface area contributed by atoms with Crippen LogP contribution in [-0.4, -0.2) is 35.9 Å². The number of amides is 1. The molecule has 2 fully saturated rings. The van der Waals surface area contributed by atoms with Gasteiger partial charge in [-0.3, -0.25) is 9.69 Å². The van der Waals surface area contributed by atoms with Crippen LogP contribution in [0, 0.1) is 6.92 Å². The van der Waals surface area contributed by atoms with Crippen LogP contribution in [0.1, 0.15) is 55.6 Å². The highest BCUT2D eigenvalue weighted by Gasteiger charge is 2.32. The van der Waals surface area contributed by atoms with E-state index in [1.165, 1.54) is 3.97 Å². The fourth-order valence-electron chi connectivity index (χ4n) is 4.70. The van der Waals surface area contributed by atoms with Crippen molar-refractivity contribution in [3.8, 4) is 0 Å². The van der Waals surface area contributed by atoms with Crippen molar-refractivity contribution in [1.82, 2.24) is 8.96 Å². The van der Waals surface area contributed by atoms with Gasteiger partial charge in [-0.2, -0.15) is 0 Å². The first-order valence-corrected chi connectivity index (χ1v) is 12.7. The lowest BCUT2D eigenvalue weighted by Crippen LogP contribution is -2.27. The van der Waals surface area contributed by atoms with E-state index >= 15 is 0 Å². The van der Waals surface area contributed by atoms with Crippen molar-refractivity contribution in [2.45, 2.75) is 68.3 Å². The predicted molar refractivity (Wildman–Crippen MR) is 124 cm³/mol. The minimum atomic E-state index is -3.82. The second-order valence-corrected chi connectivity index (χ2v) is 10.9. The SMILES string of the molecule is Cc1ccc(S(=O)(=O)n2ccc3c(C4CCC(N)CC4)cc(N(C=O)C4CC4)nc32)cc1. The third kappa shape index (κ3) is 3.71. The normalized spacial score (nSPS) is 21.6. The van der Waals surface area contributed by atoms with E-state index < -0.39 is 10.0 Å². The highest BCUT2D eigenvalue weighted by Crippen LogP contribution is 2.39. The van der Waals surface area contributed by atoms with Crippen molar-refractivity contribution in [3.63, 3.8) is 0 Å². The second kappa shape index (κ2) is 8.01. The number of hydrogen-bond donors (Lipinski definition) is 1. The average Bonchev–Trinajstić information content (AvgIpc) is 3.52. The molecule has 8 heteroatoms. The molecule has 1 amide bonds. The Hall–Kier alpha value is -2.71. The summed E-state index contributed by atoms with van der Waals surface area (Å²) < 4.78 is 28.2. The van der Waals surface area contributed by atoms with Crippen molar-refractivity contribution in [2.75, 3.05) is 4.90 Å². The molecular formula is C24H28N4O3S. The summed E-state index contributed by atoms with van der Waals surface area (Å²) in [4.78, 5) is 18.4. The minimum absolute atomic E-state index is 0.141. The molecule has 2 heterocycles. The van der Waals surface area contributed by atoms with Crippen molar-refractivity contribution in [3.05, 3.63) is 53.7 Å². The summed E-state index contributed by atoms with van der Waals surface area (Å²) in [5.74, 6) is 0.795. The number of carbonyl (C=O) groups excluding carboxylic acids is 1. The van der Waals surface area contributed by atoms with Gasteiger partial charge < -0.3 is 5.73 Å². The molecule has 3 aromatic rings. The number of benzene rings is 1. The maximum absolute atomic E-state index is 13.5. The Kier molecular flexibility index (Phi) is 5.29. The van der Waals surface area contributed by atoms with Crippen molar-refractivity contribution < 1.29 is 13.2 Å². The first-order chi connectivity index (χ1) is 15.4. The first-order valence-electron chi connectivity index (χ1n) is 11.2. The van der Waals surface area contributed by atoms with Crippen LogP contribution in [0.25, 0.3) is 11.0 Å². The highest BCUT2D eigenvalue weighted by atomic mass is 32.2. The molecule has 2 N–H and O–H groups in total. The summed E-state index contributed by atoms with van der Waals surface area (Å²) in [5, 5.41) is 0.826. The Bertz CT molecular complexity index is 1250. The number of nitrogens with zero attached hydrogens (tertiary/aromatic N) is 3. The van der Waals surface area contributed by atoms with Crippen LogP contribution >= 0.6 is 0 Å². The van der Waals surface area contributed by atoms with E-state index in [9.17, 15) is 13.2 Å². The lowest BCUT2D eigenvalue weighted by molar-refractivity contribution is -0.107. The fraction of sp³-hybridized carbons (Fsp3) is 0.417. The molecule has 168 valence electrons. The Morgan fingerprint density at radius 1 is 1.06 bits per heavy atom. The third-order valence-corrected chi connectivity index (χ3v) is 8.43. The molecule has 5 rings (SSSR count). The highest BCUT2D eigenvalue weighted by molar-refractivity contribution is 7.90. The minimum Gasteiger partial charge on any atom is -0.328 e. The van der Waals surface area contributed by atoms with Crippen LogP contribution in [-0.2, 0) is 14.8 Å². The number of rotatable bonds is 6. The summed E-state index contributed by atoms with van der Waals surface area (Å²) >= 11 is 0. The number of aromatic nitrogens is 2. The Morgan fingerprint density at radius 3 is 2.38 bits per heavy atom. The van der Waals surface area contributed by atoms with Crippen LogP contribution < -0.4 is 10.6 Å². The molecule has 0 spiro atoms. The molecule has 0 bridgehead atoms. The van der Waals surface area contributed by atoms with E-state index in [2.05, 4.69) is 0 Å². The van der Waals surface area contributed by atoms with Crippen LogP contribution in [0.15, 0.2) is 47.5 Å². The Labute approximate surface area is 188 Å². The van der Waals surface area contributed by atoms with E-state index in [4.69, 9.17) is 10.7 Å². The van der Waals surface area contributed by atoms with Gasteiger partial charge in [-0.15, -0.1) is 0 Å². The second-order valence-electron chi connectivity index (χ2n) is 9.09. The fourth-order valence-corrected chi connectivity index (χ4v) is 5.99. The predicted octanol–water partition coefficient (Wildman–Crippen LogP) is 3.69. The monoisotopic (exact) mass is 452 g/mol. The van der Waals surface area contributed by atoms with Crippen molar-refractivity contribution in [1.29, 1.82) is 0 Å². The average molecular weight is 453 g/mol. The van der Waals surface area contributed by atoms with Crippen LogP contribution in [0.5, 0.6) is 0 Å². The number of carbonyl (C=O) groups is 1. The van der Waals surface area contributed by atoms with Gasteiger partial charge in [0.25, 0.3) is 10.0 Å². The summed E-state index contributed by atoms with van der Waals surface area (Å²) in [6.45, 7) is 1.92. The largest absolute Gasteiger partial charge is 0.328 e. The van der Waals surface area contributed by atoms with E-state index in [1.807, 2.05) is 19.1 Å². The lowest BCUT2D eigenvalue weighted by atomic mass is 9.81. The van der Waals surface area contributed by atoms with Crippen LogP contribution in [0.4, 0.5) is 5.82 Å². The quantitative estimate of drug-likeness (QED) is 0.575. The van der Waals surface area contributed by atoms with Gasteiger partial charge in [0.2, 0.25) is 6.41 Å². The van der Waals surface area contributed by atoms with Gasteiger partial charge in [-0.25, -0.2) is 17.4 Å². The molecule has 1 aromatic carbocycles. The van der Waals surface area contributed by atoms with Crippen LogP contribution in [0.2, 0.25) is 0 Å². The molecule has 2 saturated carbocycles. The Balaban J connectivity index is 1.68. The molecular weight excluding hydrogens is 424 g/mol. The zero-order valence-electron chi connectivity index (χ0n) is 18.1. The molecule has 0 aliphatic heterocycles. The first kappa shape index (κ1) is 21.2. The lowest BCUT2D eigenvalue weighted by Gasteiger charge is -2.28. The Morgan fingerprint density at radius 2 is 1.75 bits per heavy atom. The van der Waals surface area contributed by atoms with Crippen molar-refractivity contribution >= 4 is 33.3 Å². The van der Waals surface area contributed by atoms with E-state index in [-0.39, 0.29) is 22.9 Å². The number of aryl methyl sites for hydroxylation is 1. The summed E-state index contributed by atoms with van der Waals surface area (Å²) in [5.41, 5.74) is 8.55. The van der Waals surface area contributed by atoms with Gasteiger partial charge in [0.1, 0.15) is 5.82 Å². The van der Waals surface area contributed by atoms with Gasteiger partial charge in [-0.05, 0) is 81.2 Å². The maximum atomic E-state index is 13.5. The zero-order valence-corrected chi connectivity index (χ0v) is 19.0. The summed E-state index contributed by atoms with van der Waals surface area (Å²) in [7, 11) is -3.82. The van der Waals surface area contributed by atoms with Gasteiger partial charge in [0.15, 0.2) is 5.65 Å². The molecule has 0 saturated heterocycles. The standard InChI is InChI=1S/C24H28N4O3S/c1-16-2-10-20(11-3-16)32(30,31)28-13-12-21-22(17-4-6-18(25)7-5-17)14-23(26-24(21)28)27(15-29)19-8-9-19/h2-3,10-15,17-19H,4-9,25H2,1H3. The van der Waals surface area contributed by atoms with Gasteiger partial charge in [0.05, 0.1) is 4.90 Å². The van der Waals surface area contributed by atoms with Gasteiger partial charge in [0, 0.05) is 23.7 Å². The third-order valence-electron chi connectivity index (χ3n) is 6.75. The molecule has 32 heavy (non-hydrogen) atoms. The van der Waals surface area contributed by atoms with Gasteiger partial charge in [-0.1, -0.05) is 17.7 Å². The topological polar surface area (TPSA) is 98.3 Å². The number of hydrogen-bond acceptors (Lipinski definition) is 5. The number of pyridine rings is 1. The van der Waals surface area contributed by atoms with E-state index in [0.717, 1.165) is 61.4 Å².